The number of hydrogen-bond donors (Lipinski definition) is 0. The third kappa shape index (κ3) is 3.66. The molecule has 0 unspecified atom stereocenters. The maximum absolute atomic E-state index is 6.39. The summed E-state index contributed by atoms with van der Waals surface area (Å²) in [5.74, 6) is 0.371. The summed E-state index contributed by atoms with van der Waals surface area (Å²) in [6, 6.07) is 12.7. The van der Waals surface area contributed by atoms with E-state index in [-0.39, 0.29) is 6.01 Å². The zero-order valence-electron chi connectivity index (χ0n) is 13.4. The minimum atomic E-state index is 0.176. The van der Waals surface area contributed by atoms with Crippen LogP contribution in [0.15, 0.2) is 42.5 Å². The average molecular weight is 396 g/mol. The summed E-state index contributed by atoms with van der Waals surface area (Å²) >= 11 is 18.4. The molecule has 7 heteroatoms. The van der Waals surface area contributed by atoms with Crippen LogP contribution in [0.1, 0.15) is 0 Å². The van der Waals surface area contributed by atoms with Crippen LogP contribution >= 0.6 is 34.8 Å². The minimum Gasteiger partial charge on any atom is -0.480 e. The quantitative estimate of drug-likeness (QED) is 0.561. The number of halogens is 3. The van der Waals surface area contributed by atoms with Crippen molar-refractivity contribution >= 4 is 34.8 Å². The van der Waals surface area contributed by atoms with Crippen LogP contribution in [0, 0.1) is 0 Å². The molecule has 0 aliphatic carbocycles. The Labute approximate surface area is 160 Å². The van der Waals surface area contributed by atoms with Crippen molar-refractivity contribution < 1.29 is 9.47 Å². The summed E-state index contributed by atoms with van der Waals surface area (Å²) in [4.78, 5) is 8.77. The Morgan fingerprint density at radius 3 is 2.08 bits per heavy atom. The van der Waals surface area contributed by atoms with Crippen molar-refractivity contribution in [1.82, 2.24) is 9.97 Å². The topological polar surface area (TPSA) is 44.2 Å². The molecule has 0 radical (unpaired) electrons. The van der Waals surface area contributed by atoms with Crippen LogP contribution in [0.2, 0.25) is 15.1 Å². The minimum absolute atomic E-state index is 0.176. The van der Waals surface area contributed by atoms with E-state index in [1.54, 1.807) is 30.3 Å². The van der Waals surface area contributed by atoms with E-state index in [1.807, 2.05) is 12.1 Å². The van der Waals surface area contributed by atoms with Gasteiger partial charge in [0.1, 0.15) is 0 Å². The molecule has 0 atom stereocenters. The highest BCUT2D eigenvalue weighted by molar-refractivity contribution is 6.36. The molecule has 25 heavy (non-hydrogen) atoms. The fourth-order valence-corrected chi connectivity index (χ4v) is 3.04. The van der Waals surface area contributed by atoms with Gasteiger partial charge in [0, 0.05) is 15.6 Å². The molecule has 0 aliphatic heterocycles. The number of benzene rings is 2. The maximum Gasteiger partial charge on any atom is 0.320 e. The van der Waals surface area contributed by atoms with E-state index in [9.17, 15) is 0 Å². The molecule has 1 heterocycles. The summed E-state index contributed by atoms with van der Waals surface area (Å²) in [6.45, 7) is 0. The van der Waals surface area contributed by atoms with E-state index in [2.05, 4.69) is 9.97 Å². The van der Waals surface area contributed by atoms with Crippen LogP contribution in [-0.2, 0) is 0 Å². The zero-order chi connectivity index (χ0) is 18.0. The molecule has 4 nitrogen and oxygen atoms in total. The van der Waals surface area contributed by atoms with E-state index in [0.717, 1.165) is 5.56 Å². The molecule has 128 valence electrons. The Bertz CT molecular complexity index is 915. The monoisotopic (exact) mass is 394 g/mol. The summed E-state index contributed by atoms with van der Waals surface area (Å²) in [7, 11) is 3.03. The van der Waals surface area contributed by atoms with Crippen molar-refractivity contribution in [3.63, 3.8) is 0 Å². The lowest BCUT2D eigenvalue weighted by atomic mass is 10.00. The third-order valence-electron chi connectivity index (χ3n) is 3.55. The Balaban J connectivity index is 2.33. The average Bonchev–Trinajstić information content (AvgIpc) is 2.61. The van der Waals surface area contributed by atoms with Gasteiger partial charge in [-0.1, -0.05) is 46.9 Å². The molecular formula is C18H13Cl3N2O2. The van der Waals surface area contributed by atoms with Crippen LogP contribution in [-0.4, -0.2) is 24.2 Å². The van der Waals surface area contributed by atoms with Gasteiger partial charge in [0.15, 0.2) is 0 Å². The SMILES string of the molecule is COc1nc(OC)c(-c2ccc(Cl)cc2)c(-c2ccc(Cl)cc2Cl)n1. The number of aromatic nitrogens is 2. The second-order valence-electron chi connectivity index (χ2n) is 5.07. The largest absolute Gasteiger partial charge is 0.480 e. The zero-order valence-corrected chi connectivity index (χ0v) is 15.7. The lowest BCUT2D eigenvalue weighted by molar-refractivity contribution is 0.354. The Kier molecular flexibility index (Phi) is 5.33. The van der Waals surface area contributed by atoms with E-state index in [4.69, 9.17) is 44.3 Å². The summed E-state index contributed by atoms with van der Waals surface area (Å²) < 4.78 is 10.7. The first kappa shape index (κ1) is 17.8. The van der Waals surface area contributed by atoms with Gasteiger partial charge in [-0.15, -0.1) is 0 Å². The molecule has 3 rings (SSSR count). The Hall–Kier alpha value is -2.01. The van der Waals surface area contributed by atoms with Crippen molar-refractivity contribution in [2.45, 2.75) is 0 Å². The standard InChI is InChI=1S/C18H13Cl3N2O2/c1-24-17-15(10-3-5-11(19)6-4-10)16(22-18(23-17)25-2)13-8-7-12(20)9-14(13)21/h3-9H,1-2H3. The maximum atomic E-state index is 6.39. The molecule has 0 saturated carbocycles. The van der Waals surface area contributed by atoms with E-state index >= 15 is 0 Å². The molecular weight excluding hydrogens is 383 g/mol. The van der Waals surface area contributed by atoms with E-state index in [1.165, 1.54) is 14.2 Å². The van der Waals surface area contributed by atoms with Gasteiger partial charge in [0.05, 0.1) is 30.5 Å². The lowest BCUT2D eigenvalue weighted by Gasteiger charge is -2.15. The summed E-state index contributed by atoms with van der Waals surface area (Å²) in [5.41, 5.74) is 2.79. The fourth-order valence-electron chi connectivity index (χ4n) is 2.41. The molecule has 0 bridgehead atoms. The highest BCUT2D eigenvalue weighted by atomic mass is 35.5. The molecule has 0 amide bonds. The lowest BCUT2D eigenvalue weighted by Crippen LogP contribution is -2.01. The molecule has 0 aliphatic rings. The van der Waals surface area contributed by atoms with E-state index < -0.39 is 0 Å². The summed E-state index contributed by atoms with van der Waals surface area (Å²) in [5, 5.41) is 1.63. The number of nitrogens with zero attached hydrogens (tertiary/aromatic N) is 2. The fraction of sp³-hybridized carbons (Fsp3) is 0.111. The van der Waals surface area contributed by atoms with Gasteiger partial charge in [-0.3, -0.25) is 0 Å². The van der Waals surface area contributed by atoms with Crippen molar-refractivity contribution in [2.24, 2.45) is 0 Å². The second-order valence-corrected chi connectivity index (χ2v) is 6.35. The Morgan fingerprint density at radius 1 is 0.800 bits per heavy atom. The molecule has 0 spiro atoms. The normalized spacial score (nSPS) is 10.6. The molecule has 0 saturated heterocycles. The second kappa shape index (κ2) is 7.48. The Morgan fingerprint density at radius 2 is 1.48 bits per heavy atom. The van der Waals surface area contributed by atoms with Crippen molar-refractivity contribution in [3.8, 4) is 34.3 Å². The van der Waals surface area contributed by atoms with Gasteiger partial charge in [-0.25, -0.2) is 0 Å². The predicted molar refractivity (Wildman–Crippen MR) is 101 cm³/mol. The van der Waals surface area contributed by atoms with Crippen LogP contribution in [0.5, 0.6) is 11.9 Å². The van der Waals surface area contributed by atoms with Crippen molar-refractivity contribution in [1.29, 1.82) is 0 Å². The number of ether oxygens (including phenoxy) is 2. The number of methoxy groups -OCH3 is 2. The number of hydrogen-bond acceptors (Lipinski definition) is 4. The van der Waals surface area contributed by atoms with Crippen LogP contribution in [0.25, 0.3) is 22.4 Å². The van der Waals surface area contributed by atoms with Crippen LogP contribution in [0.3, 0.4) is 0 Å². The molecule has 2 aromatic carbocycles. The number of rotatable bonds is 4. The van der Waals surface area contributed by atoms with Crippen molar-refractivity contribution in [3.05, 3.63) is 57.5 Å². The first-order chi connectivity index (χ1) is 12.0. The molecule has 1 aromatic heterocycles. The predicted octanol–water partition coefficient (Wildman–Crippen LogP) is 5.79. The first-order valence-electron chi connectivity index (χ1n) is 7.25. The summed E-state index contributed by atoms with van der Waals surface area (Å²) in [6.07, 6.45) is 0. The molecule has 3 aromatic rings. The molecule has 0 N–H and O–H groups in total. The highest BCUT2D eigenvalue weighted by Gasteiger charge is 2.20. The smallest absolute Gasteiger partial charge is 0.320 e. The van der Waals surface area contributed by atoms with Gasteiger partial charge < -0.3 is 9.47 Å². The van der Waals surface area contributed by atoms with Crippen LogP contribution in [0.4, 0.5) is 0 Å². The van der Waals surface area contributed by atoms with Gasteiger partial charge in [-0.05, 0) is 35.9 Å². The first-order valence-corrected chi connectivity index (χ1v) is 8.38. The van der Waals surface area contributed by atoms with Gasteiger partial charge in [-0.2, -0.15) is 9.97 Å². The van der Waals surface area contributed by atoms with Crippen molar-refractivity contribution in [2.75, 3.05) is 14.2 Å². The van der Waals surface area contributed by atoms with Crippen LogP contribution < -0.4 is 9.47 Å². The van der Waals surface area contributed by atoms with E-state index in [0.29, 0.717) is 37.8 Å². The molecule has 0 fully saturated rings. The highest BCUT2D eigenvalue weighted by Crippen LogP contribution is 2.41. The van der Waals surface area contributed by atoms with Gasteiger partial charge >= 0.3 is 6.01 Å². The van der Waals surface area contributed by atoms with Gasteiger partial charge in [0.25, 0.3) is 0 Å². The third-order valence-corrected chi connectivity index (χ3v) is 4.35. The van der Waals surface area contributed by atoms with Gasteiger partial charge in [0.2, 0.25) is 5.88 Å².